The normalized spacial score (nSPS) is 21.4. The summed E-state index contributed by atoms with van der Waals surface area (Å²) in [5.74, 6) is -0.696. The molecule has 2 rings (SSSR count). The van der Waals surface area contributed by atoms with Crippen LogP contribution in [0.2, 0.25) is 0 Å². The fourth-order valence-electron chi connectivity index (χ4n) is 2.78. The van der Waals surface area contributed by atoms with Crippen molar-refractivity contribution in [1.29, 1.82) is 0 Å². The monoisotopic (exact) mass is 274 g/mol. The zero-order valence-electron chi connectivity index (χ0n) is 13.1. The predicted molar refractivity (Wildman–Crippen MR) is 82.4 cm³/mol. The van der Waals surface area contributed by atoms with E-state index in [-0.39, 0.29) is 10.8 Å². The molecule has 20 heavy (non-hydrogen) atoms. The predicted octanol–water partition coefficient (Wildman–Crippen LogP) is 4.51. The van der Waals surface area contributed by atoms with E-state index in [1.54, 1.807) is 0 Å². The van der Waals surface area contributed by atoms with Crippen LogP contribution in [0, 0.1) is 10.8 Å². The van der Waals surface area contributed by atoms with Crippen molar-refractivity contribution in [1.82, 2.24) is 0 Å². The molecule has 0 N–H and O–H groups in total. The molecule has 0 saturated carbocycles. The molecule has 110 valence electrons. The van der Waals surface area contributed by atoms with Crippen molar-refractivity contribution in [3.05, 3.63) is 48.6 Å². The highest BCUT2D eigenvalue weighted by molar-refractivity contribution is 5.24. The van der Waals surface area contributed by atoms with Crippen LogP contribution >= 0.6 is 0 Å². The molecule has 1 aromatic rings. The maximum absolute atomic E-state index is 6.31. The highest BCUT2D eigenvalue weighted by Gasteiger charge is 2.52. The first-order chi connectivity index (χ1) is 9.33. The van der Waals surface area contributed by atoms with Gasteiger partial charge in [-0.15, -0.1) is 6.58 Å². The van der Waals surface area contributed by atoms with Gasteiger partial charge in [-0.25, -0.2) is 0 Å². The average Bonchev–Trinajstić information content (AvgIpc) is 2.39. The molecule has 0 radical (unpaired) electrons. The Kier molecular flexibility index (Phi) is 4.08. The molecule has 1 saturated heterocycles. The lowest BCUT2D eigenvalue weighted by atomic mass is 9.75. The Morgan fingerprint density at radius 1 is 1.15 bits per heavy atom. The van der Waals surface area contributed by atoms with E-state index < -0.39 is 5.79 Å². The summed E-state index contributed by atoms with van der Waals surface area (Å²) < 4.78 is 12.6. The van der Waals surface area contributed by atoms with Gasteiger partial charge in [0.25, 0.3) is 0 Å². The smallest absolute Gasteiger partial charge is 0.200 e. The molecule has 2 heteroatoms. The Balaban J connectivity index is 2.43. The van der Waals surface area contributed by atoms with Gasteiger partial charge in [0.05, 0.1) is 13.2 Å². The van der Waals surface area contributed by atoms with Gasteiger partial charge in [-0.05, 0) is 6.42 Å². The molecule has 1 aromatic carbocycles. The molecular weight excluding hydrogens is 248 g/mol. The van der Waals surface area contributed by atoms with Crippen molar-refractivity contribution in [2.45, 2.75) is 39.9 Å². The molecule has 0 unspecified atom stereocenters. The Bertz CT molecular complexity index is 450. The highest BCUT2D eigenvalue weighted by atomic mass is 16.7. The van der Waals surface area contributed by atoms with Gasteiger partial charge in [0, 0.05) is 16.4 Å². The lowest BCUT2D eigenvalue weighted by molar-refractivity contribution is -0.353. The van der Waals surface area contributed by atoms with Gasteiger partial charge < -0.3 is 9.47 Å². The van der Waals surface area contributed by atoms with Crippen LogP contribution < -0.4 is 0 Å². The van der Waals surface area contributed by atoms with Crippen LogP contribution in [0.5, 0.6) is 0 Å². The van der Waals surface area contributed by atoms with Crippen LogP contribution in [0.25, 0.3) is 0 Å². The van der Waals surface area contributed by atoms with E-state index in [0.717, 1.165) is 12.0 Å². The third-order valence-corrected chi connectivity index (χ3v) is 4.03. The first-order valence-electron chi connectivity index (χ1n) is 7.27. The minimum absolute atomic E-state index is 0.0581. The van der Waals surface area contributed by atoms with Gasteiger partial charge in [0.1, 0.15) is 0 Å². The molecule has 1 fully saturated rings. The lowest BCUT2D eigenvalue weighted by Crippen LogP contribution is -2.53. The van der Waals surface area contributed by atoms with Crippen LogP contribution in [0.3, 0.4) is 0 Å². The number of hydrogen-bond acceptors (Lipinski definition) is 2. The maximum Gasteiger partial charge on any atom is 0.200 e. The highest BCUT2D eigenvalue weighted by Crippen LogP contribution is 2.50. The molecule has 1 aliphatic rings. The van der Waals surface area contributed by atoms with E-state index in [9.17, 15) is 0 Å². The molecule has 0 aromatic heterocycles. The van der Waals surface area contributed by atoms with Crippen LogP contribution in [-0.2, 0) is 15.3 Å². The quantitative estimate of drug-likeness (QED) is 0.752. The summed E-state index contributed by atoms with van der Waals surface area (Å²) in [4.78, 5) is 0. The van der Waals surface area contributed by atoms with Crippen LogP contribution in [0.15, 0.2) is 43.0 Å². The Hall–Kier alpha value is -1.12. The van der Waals surface area contributed by atoms with E-state index in [0.29, 0.717) is 13.2 Å². The van der Waals surface area contributed by atoms with E-state index in [1.807, 2.05) is 24.3 Å². The summed E-state index contributed by atoms with van der Waals surface area (Å²) in [5.41, 5.74) is 0.970. The third-order valence-electron chi connectivity index (χ3n) is 4.03. The van der Waals surface area contributed by atoms with Crippen LogP contribution in [0.1, 0.15) is 39.7 Å². The summed E-state index contributed by atoms with van der Waals surface area (Å²) in [5, 5.41) is 0. The van der Waals surface area contributed by atoms with Crippen molar-refractivity contribution < 1.29 is 9.47 Å². The van der Waals surface area contributed by atoms with Gasteiger partial charge in [-0.1, -0.05) is 64.1 Å². The minimum Gasteiger partial charge on any atom is -0.345 e. The second-order valence-electron chi connectivity index (χ2n) is 7.10. The number of benzene rings is 1. The second kappa shape index (κ2) is 5.34. The van der Waals surface area contributed by atoms with Crippen molar-refractivity contribution in [2.24, 2.45) is 10.8 Å². The molecule has 0 aliphatic carbocycles. The average molecular weight is 274 g/mol. The fraction of sp³-hybridized carbons (Fsp3) is 0.556. The van der Waals surface area contributed by atoms with Gasteiger partial charge in [0.2, 0.25) is 0 Å². The molecule has 2 nitrogen and oxygen atoms in total. The lowest BCUT2D eigenvalue weighted by Gasteiger charge is -2.51. The van der Waals surface area contributed by atoms with E-state index in [2.05, 4.69) is 46.4 Å². The molecule has 1 heterocycles. The Morgan fingerprint density at radius 3 is 2.20 bits per heavy atom. The molecule has 0 amide bonds. The van der Waals surface area contributed by atoms with Crippen molar-refractivity contribution >= 4 is 0 Å². The van der Waals surface area contributed by atoms with Gasteiger partial charge >= 0.3 is 0 Å². The summed E-state index contributed by atoms with van der Waals surface area (Å²) in [6, 6.07) is 10.3. The van der Waals surface area contributed by atoms with Gasteiger partial charge in [0.15, 0.2) is 5.79 Å². The summed E-state index contributed by atoms with van der Waals surface area (Å²) in [6.45, 7) is 14.0. The van der Waals surface area contributed by atoms with Crippen LogP contribution in [0.4, 0.5) is 0 Å². The molecular formula is C18H26O2. The SMILES string of the molecule is C=CCC(C)(C)C1(c2ccccc2)OCC(C)(C)CO1. The van der Waals surface area contributed by atoms with E-state index in [4.69, 9.17) is 9.47 Å². The number of ether oxygens (including phenoxy) is 2. The number of allylic oxidation sites excluding steroid dienone is 1. The Labute approximate surface area is 122 Å². The first-order valence-corrected chi connectivity index (χ1v) is 7.27. The standard InChI is InChI=1S/C18H26O2/c1-6-12-17(4,5)18(15-10-8-7-9-11-15)19-13-16(2,3)14-20-18/h6-11H,1,12-14H2,2-5H3. The van der Waals surface area contributed by atoms with Crippen molar-refractivity contribution in [3.63, 3.8) is 0 Å². The first kappa shape index (κ1) is 15.3. The molecule has 0 bridgehead atoms. The maximum atomic E-state index is 6.31. The van der Waals surface area contributed by atoms with E-state index >= 15 is 0 Å². The van der Waals surface area contributed by atoms with Gasteiger partial charge in [-0.3, -0.25) is 0 Å². The van der Waals surface area contributed by atoms with Gasteiger partial charge in [-0.2, -0.15) is 0 Å². The number of hydrogen-bond donors (Lipinski definition) is 0. The summed E-state index contributed by atoms with van der Waals surface area (Å²) >= 11 is 0. The van der Waals surface area contributed by atoms with Crippen LogP contribution in [-0.4, -0.2) is 13.2 Å². The van der Waals surface area contributed by atoms with E-state index in [1.165, 1.54) is 0 Å². The minimum atomic E-state index is -0.696. The summed E-state index contributed by atoms with van der Waals surface area (Å²) in [7, 11) is 0. The molecule has 0 atom stereocenters. The zero-order valence-corrected chi connectivity index (χ0v) is 13.1. The summed E-state index contributed by atoms with van der Waals surface area (Å²) in [6.07, 6.45) is 2.78. The second-order valence-corrected chi connectivity index (χ2v) is 7.10. The zero-order chi connectivity index (χ0) is 14.9. The molecule has 1 aliphatic heterocycles. The largest absolute Gasteiger partial charge is 0.345 e. The fourth-order valence-corrected chi connectivity index (χ4v) is 2.78. The molecule has 0 spiro atoms. The van der Waals surface area contributed by atoms with Crippen molar-refractivity contribution in [3.8, 4) is 0 Å². The topological polar surface area (TPSA) is 18.5 Å². The number of rotatable bonds is 4. The van der Waals surface area contributed by atoms with Crippen molar-refractivity contribution in [2.75, 3.05) is 13.2 Å². The Morgan fingerprint density at radius 2 is 1.70 bits per heavy atom. The third kappa shape index (κ3) is 2.68.